The van der Waals surface area contributed by atoms with Gasteiger partial charge >= 0.3 is 6.03 Å². The summed E-state index contributed by atoms with van der Waals surface area (Å²) in [6.07, 6.45) is 3.02. The van der Waals surface area contributed by atoms with Gasteiger partial charge in [-0.05, 0) is 36.4 Å². The van der Waals surface area contributed by atoms with Crippen LogP contribution < -0.4 is 15.4 Å². The predicted octanol–water partition coefficient (Wildman–Crippen LogP) is 3.91. The van der Waals surface area contributed by atoms with Crippen LogP contribution in [0.25, 0.3) is 0 Å². The zero-order valence-corrected chi connectivity index (χ0v) is 12.1. The van der Waals surface area contributed by atoms with E-state index >= 15 is 0 Å². The van der Waals surface area contributed by atoms with E-state index in [0.29, 0.717) is 17.3 Å². The lowest BCUT2D eigenvalue weighted by Gasteiger charge is -2.08. The molecule has 0 fully saturated rings. The molecule has 6 nitrogen and oxygen atoms in total. The summed E-state index contributed by atoms with van der Waals surface area (Å²) in [5.41, 5.74) is 1.39. The summed E-state index contributed by atoms with van der Waals surface area (Å²) in [6, 6.07) is 17.6. The summed E-state index contributed by atoms with van der Waals surface area (Å²) >= 11 is 0. The topological polar surface area (TPSA) is 76.1 Å². The van der Waals surface area contributed by atoms with Gasteiger partial charge in [-0.1, -0.05) is 18.2 Å². The van der Waals surface area contributed by atoms with Crippen molar-refractivity contribution in [1.82, 2.24) is 9.97 Å². The molecule has 0 radical (unpaired) electrons. The van der Waals surface area contributed by atoms with Crippen LogP contribution in [0.3, 0.4) is 0 Å². The maximum atomic E-state index is 11.9. The van der Waals surface area contributed by atoms with Crippen LogP contribution in [0.1, 0.15) is 0 Å². The van der Waals surface area contributed by atoms with Crippen molar-refractivity contribution in [3.05, 3.63) is 73.2 Å². The first-order valence-corrected chi connectivity index (χ1v) is 6.96. The lowest BCUT2D eigenvalue weighted by atomic mass is 10.3. The van der Waals surface area contributed by atoms with Crippen molar-refractivity contribution in [3.63, 3.8) is 0 Å². The number of nitrogens with one attached hydrogen (secondary N) is 2. The normalized spacial score (nSPS) is 9.91. The number of aromatic nitrogens is 2. The Morgan fingerprint density at radius 1 is 0.870 bits per heavy atom. The molecule has 1 aromatic heterocycles. The van der Waals surface area contributed by atoms with Gasteiger partial charge in [-0.2, -0.15) is 0 Å². The van der Waals surface area contributed by atoms with Crippen LogP contribution in [-0.2, 0) is 0 Å². The van der Waals surface area contributed by atoms with E-state index in [9.17, 15) is 4.79 Å². The van der Waals surface area contributed by atoms with Crippen LogP contribution >= 0.6 is 0 Å². The summed E-state index contributed by atoms with van der Waals surface area (Å²) in [6.45, 7) is 0. The third-order valence-corrected chi connectivity index (χ3v) is 2.92. The van der Waals surface area contributed by atoms with Gasteiger partial charge in [0, 0.05) is 23.6 Å². The fourth-order valence-electron chi connectivity index (χ4n) is 1.88. The van der Waals surface area contributed by atoms with Crippen molar-refractivity contribution < 1.29 is 9.53 Å². The molecule has 2 aromatic carbocycles. The van der Waals surface area contributed by atoms with E-state index in [1.165, 1.54) is 6.33 Å². The van der Waals surface area contributed by atoms with Crippen LogP contribution in [-0.4, -0.2) is 16.0 Å². The molecule has 0 saturated heterocycles. The Bertz CT molecular complexity index is 762. The third-order valence-electron chi connectivity index (χ3n) is 2.92. The fourth-order valence-corrected chi connectivity index (χ4v) is 1.88. The van der Waals surface area contributed by atoms with E-state index < -0.39 is 0 Å². The minimum absolute atomic E-state index is 0.305. The minimum Gasteiger partial charge on any atom is -0.439 e. The molecule has 0 aliphatic rings. The summed E-state index contributed by atoms with van der Waals surface area (Å²) in [5.74, 6) is 1.08. The van der Waals surface area contributed by atoms with Gasteiger partial charge in [0.2, 0.25) is 5.88 Å². The number of amides is 2. The standard InChI is InChI=1S/C17H14N4O2/c22-17(20-13-4-2-1-3-5-13)21-14-6-8-15(9-7-14)23-16-10-11-18-12-19-16/h1-12H,(H2,20,21,22). The Balaban J connectivity index is 1.58. The number of hydrogen-bond acceptors (Lipinski definition) is 4. The Morgan fingerprint density at radius 2 is 1.57 bits per heavy atom. The molecule has 3 rings (SSSR count). The summed E-state index contributed by atoms with van der Waals surface area (Å²) in [7, 11) is 0. The van der Waals surface area contributed by atoms with Gasteiger partial charge in [0.1, 0.15) is 12.1 Å². The van der Waals surface area contributed by atoms with Gasteiger partial charge < -0.3 is 15.4 Å². The number of para-hydroxylation sites is 1. The number of benzene rings is 2. The lowest BCUT2D eigenvalue weighted by Crippen LogP contribution is -2.19. The highest BCUT2D eigenvalue weighted by Gasteiger charge is 2.03. The quantitative estimate of drug-likeness (QED) is 0.766. The molecule has 0 spiro atoms. The second-order valence-electron chi connectivity index (χ2n) is 4.62. The van der Waals surface area contributed by atoms with Crippen LogP contribution in [0, 0.1) is 0 Å². The highest BCUT2D eigenvalue weighted by molar-refractivity contribution is 5.99. The second-order valence-corrected chi connectivity index (χ2v) is 4.62. The summed E-state index contributed by atoms with van der Waals surface area (Å²) in [4.78, 5) is 19.7. The van der Waals surface area contributed by atoms with E-state index in [1.807, 2.05) is 30.3 Å². The number of urea groups is 1. The monoisotopic (exact) mass is 306 g/mol. The first-order chi connectivity index (χ1) is 11.3. The number of rotatable bonds is 4. The van der Waals surface area contributed by atoms with Crippen LogP contribution in [0.4, 0.5) is 16.2 Å². The van der Waals surface area contributed by atoms with Crippen molar-refractivity contribution in [2.24, 2.45) is 0 Å². The molecule has 0 saturated carbocycles. The zero-order valence-electron chi connectivity index (χ0n) is 12.1. The van der Waals surface area contributed by atoms with Gasteiger partial charge in [-0.3, -0.25) is 0 Å². The second kappa shape index (κ2) is 7.04. The largest absolute Gasteiger partial charge is 0.439 e. The molecule has 23 heavy (non-hydrogen) atoms. The Morgan fingerprint density at radius 3 is 2.22 bits per heavy atom. The first kappa shape index (κ1) is 14.5. The van der Waals surface area contributed by atoms with E-state index in [4.69, 9.17) is 4.74 Å². The van der Waals surface area contributed by atoms with Gasteiger partial charge in [-0.25, -0.2) is 14.8 Å². The maximum Gasteiger partial charge on any atom is 0.323 e. The first-order valence-electron chi connectivity index (χ1n) is 6.96. The Hall–Kier alpha value is -3.41. The zero-order chi connectivity index (χ0) is 15.9. The number of anilines is 2. The molecule has 6 heteroatoms. The molecule has 2 N–H and O–H groups in total. The molecule has 0 atom stereocenters. The fraction of sp³-hybridized carbons (Fsp3) is 0. The minimum atomic E-state index is -0.305. The van der Waals surface area contributed by atoms with Crippen molar-refractivity contribution in [2.75, 3.05) is 10.6 Å². The number of hydrogen-bond donors (Lipinski definition) is 2. The average molecular weight is 306 g/mol. The van der Waals surface area contributed by atoms with Crippen molar-refractivity contribution in [2.45, 2.75) is 0 Å². The van der Waals surface area contributed by atoms with E-state index in [1.54, 1.807) is 36.5 Å². The van der Waals surface area contributed by atoms with Gasteiger partial charge in [0.05, 0.1) is 0 Å². The van der Waals surface area contributed by atoms with Gasteiger partial charge in [0.25, 0.3) is 0 Å². The molecule has 0 bridgehead atoms. The van der Waals surface area contributed by atoms with E-state index in [-0.39, 0.29) is 6.03 Å². The van der Waals surface area contributed by atoms with Crippen molar-refractivity contribution >= 4 is 17.4 Å². The van der Waals surface area contributed by atoms with E-state index in [0.717, 1.165) is 5.69 Å². The van der Waals surface area contributed by atoms with Crippen LogP contribution in [0.5, 0.6) is 11.6 Å². The molecule has 2 amide bonds. The molecule has 114 valence electrons. The molecule has 0 aliphatic carbocycles. The molecule has 3 aromatic rings. The highest BCUT2D eigenvalue weighted by atomic mass is 16.5. The van der Waals surface area contributed by atoms with Gasteiger partial charge in [-0.15, -0.1) is 0 Å². The maximum absolute atomic E-state index is 11.9. The lowest BCUT2D eigenvalue weighted by molar-refractivity contribution is 0.262. The predicted molar refractivity (Wildman–Crippen MR) is 87.6 cm³/mol. The Labute approximate surface area is 133 Å². The Kier molecular flexibility index (Phi) is 4.44. The third kappa shape index (κ3) is 4.28. The summed E-state index contributed by atoms with van der Waals surface area (Å²) in [5, 5.41) is 5.50. The van der Waals surface area contributed by atoms with Crippen LogP contribution in [0.15, 0.2) is 73.2 Å². The van der Waals surface area contributed by atoms with Crippen molar-refractivity contribution in [3.8, 4) is 11.6 Å². The number of carbonyl (C=O) groups is 1. The molecular formula is C17H14N4O2. The molecule has 0 aliphatic heterocycles. The highest BCUT2D eigenvalue weighted by Crippen LogP contribution is 2.20. The molecular weight excluding hydrogens is 292 g/mol. The van der Waals surface area contributed by atoms with E-state index in [2.05, 4.69) is 20.6 Å². The number of carbonyl (C=O) groups excluding carboxylic acids is 1. The molecule has 1 heterocycles. The molecule has 0 unspecified atom stereocenters. The number of nitrogens with zero attached hydrogens (tertiary/aromatic N) is 2. The van der Waals surface area contributed by atoms with Gasteiger partial charge in [0.15, 0.2) is 0 Å². The van der Waals surface area contributed by atoms with Crippen molar-refractivity contribution in [1.29, 1.82) is 0 Å². The summed E-state index contributed by atoms with van der Waals surface area (Å²) < 4.78 is 5.55. The smallest absolute Gasteiger partial charge is 0.323 e. The number of ether oxygens (including phenoxy) is 1. The SMILES string of the molecule is O=C(Nc1ccccc1)Nc1ccc(Oc2ccncn2)cc1. The average Bonchev–Trinajstić information content (AvgIpc) is 2.58. The van der Waals surface area contributed by atoms with Crippen LogP contribution in [0.2, 0.25) is 0 Å².